The van der Waals surface area contributed by atoms with E-state index in [1.54, 1.807) is 12.5 Å². The third-order valence-electron chi connectivity index (χ3n) is 4.84. The summed E-state index contributed by atoms with van der Waals surface area (Å²) in [6.07, 6.45) is 9.43. The summed E-state index contributed by atoms with van der Waals surface area (Å²) < 4.78 is 4.11. The number of hydrogen-bond acceptors (Lipinski definition) is 3. The first kappa shape index (κ1) is 16.7. The molecule has 6 nitrogen and oxygen atoms in total. The Morgan fingerprint density at radius 3 is 2.83 bits per heavy atom. The molecule has 130 valence electrons. The third kappa shape index (κ3) is 3.23. The predicted octanol–water partition coefficient (Wildman–Crippen LogP) is 2.74. The van der Waals surface area contributed by atoms with Gasteiger partial charge in [-0.15, -0.1) is 0 Å². The summed E-state index contributed by atoms with van der Waals surface area (Å²) in [4.78, 5) is 23.5. The zero-order valence-electron chi connectivity index (χ0n) is 15.1. The van der Waals surface area contributed by atoms with Crippen molar-refractivity contribution in [2.75, 3.05) is 6.54 Å². The highest BCUT2D eigenvalue weighted by Gasteiger charge is 2.30. The molecule has 2 aromatic heterocycles. The summed E-state index contributed by atoms with van der Waals surface area (Å²) in [6.45, 7) is 7.30. The van der Waals surface area contributed by atoms with Crippen LogP contribution in [0.1, 0.15) is 61.2 Å². The van der Waals surface area contributed by atoms with E-state index >= 15 is 0 Å². The fraction of sp³-hybridized carbons (Fsp3) is 0.611. The molecule has 1 amide bonds. The number of likely N-dealkylation sites (tertiary alicyclic amines) is 1. The van der Waals surface area contributed by atoms with Gasteiger partial charge in [-0.1, -0.05) is 0 Å². The minimum atomic E-state index is 0.0569. The molecule has 6 heteroatoms. The van der Waals surface area contributed by atoms with Crippen LogP contribution in [-0.2, 0) is 13.5 Å². The second-order valence-electron chi connectivity index (χ2n) is 7.04. The molecule has 0 saturated carbocycles. The summed E-state index contributed by atoms with van der Waals surface area (Å²) in [5.74, 6) is 1.18. The van der Waals surface area contributed by atoms with Gasteiger partial charge in [0, 0.05) is 50.2 Å². The predicted molar refractivity (Wildman–Crippen MR) is 92.9 cm³/mol. The van der Waals surface area contributed by atoms with E-state index in [9.17, 15) is 4.79 Å². The molecule has 1 aliphatic rings. The number of aromatic nitrogens is 4. The lowest BCUT2D eigenvalue weighted by atomic mass is 10.1. The van der Waals surface area contributed by atoms with Gasteiger partial charge >= 0.3 is 0 Å². The van der Waals surface area contributed by atoms with Crippen LogP contribution < -0.4 is 0 Å². The van der Waals surface area contributed by atoms with Gasteiger partial charge in [-0.2, -0.15) is 0 Å². The second-order valence-corrected chi connectivity index (χ2v) is 7.04. The number of carbonyl (C=O) groups is 1. The maximum absolute atomic E-state index is 12.7. The van der Waals surface area contributed by atoms with Crippen LogP contribution in [0.4, 0.5) is 0 Å². The maximum atomic E-state index is 12.7. The molecule has 0 aromatic carbocycles. The van der Waals surface area contributed by atoms with Gasteiger partial charge in [0.1, 0.15) is 11.5 Å². The van der Waals surface area contributed by atoms with Crippen molar-refractivity contribution in [3.8, 4) is 0 Å². The monoisotopic (exact) mass is 329 g/mol. The van der Waals surface area contributed by atoms with Gasteiger partial charge in [-0.3, -0.25) is 4.79 Å². The molecule has 1 unspecified atom stereocenters. The molecule has 0 spiro atoms. The Morgan fingerprint density at radius 1 is 1.38 bits per heavy atom. The average molecular weight is 329 g/mol. The highest BCUT2D eigenvalue weighted by atomic mass is 16.2. The largest absolute Gasteiger partial charge is 0.340 e. The van der Waals surface area contributed by atoms with Gasteiger partial charge in [0.05, 0.1) is 6.33 Å². The standard InChI is InChI=1S/C18H27N5O/c1-13(2)23-14(3)10-19-17(23)8-7-15-6-5-9-22(15)18(24)16-11-21(4)12-20-16/h10-13,15H,5-9H2,1-4H3. The van der Waals surface area contributed by atoms with Crippen LogP contribution >= 0.6 is 0 Å². The second kappa shape index (κ2) is 6.79. The van der Waals surface area contributed by atoms with Crippen LogP contribution in [0.2, 0.25) is 0 Å². The van der Waals surface area contributed by atoms with Crippen LogP contribution in [0, 0.1) is 6.92 Å². The minimum Gasteiger partial charge on any atom is -0.340 e. The summed E-state index contributed by atoms with van der Waals surface area (Å²) >= 11 is 0. The van der Waals surface area contributed by atoms with Crippen molar-refractivity contribution in [1.29, 1.82) is 0 Å². The first-order valence-corrected chi connectivity index (χ1v) is 8.79. The van der Waals surface area contributed by atoms with Gasteiger partial charge in [-0.25, -0.2) is 9.97 Å². The molecule has 3 heterocycles. The summed E-state index contributed by atoms with van der Waals surface area (Å²) in [5.41, 5.74) is 1.75. The molecule has 0 radical (unpaired) electrons. The number of imidazole rings is 2. The van der Waals surface area contributed by atoms with Crippen LogP contribution in [0.25, 0.3) is 0 Å². The smallest absolute Gasteiger partial charge is 0.274 e. The molecule has 0 N–H and O–H groups in total. The summed E-state index contributed by atoms with van der Waals surface area (Å²) in [7, 11) is 1.89. The highest BCUT2D eigenvalue weighted by molar-refractivity contribution is 5.92. The van der Waals surface area contributed by atoms with Crippen molar-refractivity contribution in [2.24, 2.45) is 7.05 Å². The van der Waals surface area contributed by atoms with E-state index in [1.807, 2.05) is 22.7 Å². The molecular weight excluding hydrogens is 302 g/mol. The van der Waals surface area contributed by atoms with E-state index in [2.05, 4.69) is 35.3 Å². The Bertz CT molecular complexity index is 715. The molecule has 2 aromatic rings. The number of amides is 1. The number of carbonyl (C=O) groups excluding carboxylic acids is 1. The zero-order chi connectivity index (χ0) is 17.3. The Labute approximate surface area is 143 Å². The summed E-state index contributed by atoms with van der Waals surface area (Å²) in [5, 5.41) is 0. The Hall–Kier alpha value is -2.11. The van der Waals surface area contributed by atoms with Crippen molar-refractivity contribution in [3.05, 3.63) is 35.9 Å². The van der Waals surface area contributed by atoms with Gasteiger partial charge in [0.2, 0.25) is 0 Å². The molecule has 24 heavy (non-hydrogen) atoms. The molecule has 3 rings (SSSR count). The lowest BCUT2D eigenvalue weighted by Gasteiger charge is -2.24. The van der Waals surface area contributed by atoms with Gasteiger partial charge in [-0.05, 0) is 40.0 Å². The maximum Gasteiger partial charge on any atom is 0.274 e. The van der Waals surface area contributed by atoms with Crippen LogP contribution in [0.5, 0.6) is 0 Å². The topological polar surface area (TPSA) is 56.0 Å². The van der Waals surface area contributed by atoms with Gasteiger partial charge in [0.25, 0.3) is 5.91 Å². The molecular formula is C18H27N5O. The first-order valence-electron chi connectivity index (χ1n) is 8.79. The van der Waals surface area contributed by atoms with Gasteiger partial charge in [0.15, 0.2) is 0 Å². The lowest BCUT2D eigenvalue weighted by Crippen LogP contribution is -2.36. The Balaban J connectivity index is 1.67. The summed E-state index contributed by atoms with van der Waals surface area (Å²) in [6, 6.07) is 0.703. The SMILES string of the molecule is Cc1cnc(CCC2CCCN2C(=O)c2cn(C)cn2)n1C(C)C. The molecule has 1 atom stereocenters. The van der Waals surface area contributed by atoms with Crippen molar-refractivity contribution >= 4 is 5.91 Å². The van der Waals surface area contributed by atoms with E-state index in [0.29, 0.717) is 11.7 Å². The van der Waals surface area contributed by atoms with E-state index in [-0.39, 0.29) is 11.9 Å². The number of aryl methyl sites for hydroxylation is 3. The third-order valence-corrected chi connectivity index (χ3v) is 4.84. The normalized spacial score (nSPS) is 17.9. The number of hydrogen-bond donors (Lipinski definition) is 0. The molecule has 0 aliphatic carbocycles. The number of nitrogens with zero attached hydrogens (tertiary/aromatic N) is 5. The molecule has 1 aliphatic heterocycles. The quantitative estimate of drug-likeness (QED) is 0.847. The van der Waals surface area contributed by atoms with Crippen molar-refractivity contribution in [3.63, 3.8) is 0 Å². The van der Waals surface area contributed by atoms with Crippen LogP contribution in [-0.4, -0.2) is 42.5 Å². The van der Waals surface area contributed by atoms with Gasteiger partial charge < -0.3 is 14.0 Å². The molecule has 0 bridgehead atoms. The fourth-order valence-electron chi connectivity index (χ4n) is 3.76. The van der Waals surface area contributed by atoms with E-state index < -0.39 is 0 Å². The van der Waals surface area contributed by atoms with Crippen LogP contribution in [0.3, 0.4) is 0 Å². The average Bonchev–Trinajstić information content (AvgIpc) is 3.24. The fourth-order valence-corrected chi connectivity index (χ4v) is 3.76. The van der Waals surface area contributed by atoms with E-state index in [4.69, 9.17) is 0 Å². The molecule has 1 fully saturated rings. The highest BCUT2D eigenvalue weighted by Crippen LogP contribution is 2.24. The van der Waals surface area contributed by atoms with Crippen molar-refractivity contribution in [1.82, 2.24) is 24.0 Å². The van der Waals surface area contributed by atoms with Crippen molar-refractivity contribution in [2.45, 2.75) is 58.5 Å². The zero-order valence-corrected chi connectivity index (χ0v) is 15.1. The van der Waals surface area contributed by atoms with E-state index in [0.717, 1.165) is 38.1 Å². The Kier molecular flexibility index (Phi) is 4.73. The molecule has 1 saturated heterocycles. The minimum absolute atomic E-state index is 0.0569. The number of rotatable bonds is 5. The van der Waals surface area contributed by atoms with E-state index in [1.165, 1.54) is 5.69 Å². The Morgan fingerprint density at radius 2 is 2.17 bits per heavy atom. The first-order chi connectivity index (χ1) is 11.5. The van der Waals surface area contributed by atoms with Crippen molar-refractivity contribution < 1.29 is 4.79 Å². The van der Waals surface area contributed by atoms with Crippen LogP contribution in [0.15, 0.2) is 18.7 Å². The lowest BCUT2D eigenvalue weighted by molar-refractivity contribution is 0.0724.